The summed E-state index contributed by atoms with van der Waals surface area (Å²) in [6.45, 7) is 5.80. The lowest BCUT2D eigenvalue weighted by molar-refractivity contribution is -0.138. The summed E-state index contributed by atoms with van der Waals surface area (Å²) < 4.78 is 4.95. The lowest BCUT2D eigenvalue weighted by atomic mass is 10.2. The lowest BCUT2D eigenvalue weighted by Gasteiger charge is -2.03. The van der Waals surface area contributed by atoms with Crippen molar-refractivity contribution in [3.05, 3.63) is 22.9 Å². The maximum absolute atomic E-state index is 11.6. The molecule has 0 atom stereocenters. The minimum absolute atomic E-state index is 0.300. The summed E-state index contributed by atoms with van der Waals surface area (Å²) >= 11 is 0. The van der Waals surface area contributed by atoms with Gasteiger partial charge in [0.1, 0.15) is 0 Å². The molecule has 0 radical (unpaired) electrons. The van der Waals surface area contributed by atoms with E-state index in [2.05, 4.69) is 4.99 Å². The maximum Gasteiger partial charge on any atom is 0.336 e. The molecule has 0 bridgehead atoms. The van der Waals surface area contributed by atoms with Gasteiger partial charge in [-0.1, -0.05) is 5.57 Å². The Balaban J connectivity index is 2.95. The number of nitrogens with two attached hydrogens (primary N) is 1. The van der Waals surface area contributed by atoms with E-state index in [4.69, 9.17) is 10.5 Å². The molecule has 0 aromatic carbocycles. The van der Waals surface area contributed by atoms with Crippen molar-refractivity contribution in [2.75, 3.05) is 6.61 Å². The van der Waals surface area contributed by atoms with Crippen molar-refractivity contribution in [3.8, 4) is 0 Å². The van der Waals surface area contributed by atoms with Crippen LogP contribution in [0, 0.1) is 0 Å². The molecular formula is C11H16N2O2. The largest absolute Gasteiger partial charge is 0.463 e. The Bertz CT molecular complexity index is 361. The molecule has 0 aromatic rings. The molecule has 15 heavy (non-hydrogen) atoms. The average Bonchev–Trinajstić information content (AvgIpc) is 2.46. The molecule has 0 amide bonds. The highest BCUT2D eigenvalue weighted by Crippen LogP contribution is 2.26. The summed E-state index contributed by atoms with van der Waals surface area (Å²) in [5, 5.41) is 0. The van der Waals surface area contributed by atoms with Crippen molar-refractivity contribution in [2.24, 2.45) is 10.7 Å². The van der Waals surface area contributed by atoms with E-state index in [1.165, 1.54) is 0 Å². The highest BCUT2D eigenvalue weighted by atomic mass is 16.5. The fourth-order valence-corrected chi connectivity index (χ4v) is 1.43. The van der Waals surface area contributed by atoms with Crippen molar-refractivity contribution in [1.29, 1.82) is 0 Å². The zero-order valence-electron chi connectivity index (χ0n) is 9.33. The standard InChI is InChI=1S/C11H16N2O2/c1-4-15-11(14)9-5-7(2)6-10(9)13-8(3)12/h6H,4-5H2,1-3H3,(H2,12,13). The molecule has 1 aliphatic carbocycles. The normalized spacial score (nSPS) is 16.7. The van der Waals surface area contributed by atoms with Crippen LogP contribution in [0.5, 0.6) is 0 Å². The van der Waals surface area contributed by atoms with Crippen LogP contribution >= 0.6 is 0 Å². The van der Waals surface area contributed by atoms with Crippen LogP contribution in [0.3, 0.4) is 0 Å². The van der Waals surface area contributed by atoms with Gasteiger partial charge < -0.3 is 10.5 Å². The van der Waals surface area contributed by atoms with Gasteiger partial charge in [0, 0.05) is 6.42 Å². The Morgan fingerprint density at radius 3 is 2.87 bits per heavy atom. The average molecular weight is 208 g/mol. The van der Waals surface area contributed by atoms with Crippen molar-refractivity contribution >= 4 is 11.8 Å². The first kappa shape index (κ1) is 11.5. The molecule has 0 spiro atoms. The number of nitrogens with zero attached hydrogens (tertiary/aromatic N) is 1. The van der Waals surface area contributed by atoms with Gasteiger partial charge in [-0.05, 0) is 26.8 Å². The molecule has 0 aromatic heterocycles. The van der Waals surface area contributed by atoms with Gasteiger partial charge in [0.05, 0.1) is 23.7 Å². The molecule has 0 unspecified atom stereocenters. The lowest BCUT2D eigenvalue weighted by Crippen LogP contribution is -2.10. The van der Waals surface area contributed by atoms with Crippen LogP contribution < -0.4 is 5.73 Å². The fourth-order valence-electron chi connectivity index (χ4n) is 1.43. The van der Waals surface area contributed by atoms with Crippen molar-refractivity contribution in [3.63, 3.8) is 0 Å². The van der Waals surface area contributed by atoms with E-state index in [0.29, 0.717) is 30.1 Å². The smallest absolute Gasteiger partial charge is 0.336 e. The Kier molecular flexibility index (Phi) is 3.66. The number of hydrogen-bond acceptors (Lipinski definition) is 3. The number of aliphatic imine (C=N–C) groups is 1. The van der Waals surface area contributed by atoms with E-state index in [-0.39, 0.29) is 5.97 Å². The first-order valence-corrected chi connectivity index (χ1v) is 4.92. The van der Waals surface area contributed by atoms with Crippen LogP contribution in [0.25, 0.3) is 0 Å². The Hall–Kier alpha value is -1.58. The summed E-state index contributed by atoms with van der Waals surface area (Å²) in [5.74, 6) is 0.142. The second-order valence-electron chi connectivity index (χ2n) is 3.50. The highest BCUT2D eigenvalue weighted by molar-refractivity contribution is 5.92. The predicted molar refractivity (Wildman–Crippen MR) is 59.3 cm³/mol. The van der Waals surface area contributed by atoms with Crippen molar-refractivity contribution in [2.45, 2.75) is 27.2 Å². The zero-order valence-corrected chi connectivity index (χ0v) is 9.33. The quantitative estimate of drug-likeness (QED) is 0.434. The third-order valence-corrected chi connectivity index (χ3v) is 1.97. The van der Waals surface area contributed by atoms with Gasteiger partial charge in [0.25, 0.3) is 0 Å². The monoisotopic (exact) mass is 208 g/mol. The van der Waals surface area contributed by atoms with Crippen LogP contribution in [0.1, 0.15) is 27.2 Å². The van der Waals surface area contributed by atoms with E-state index < -0.39 is 0 Å². The van der Waals surface area contributed by atoms with Crippen LogP contribution in [0.4, 0.5) is 0 Å². The van der Waals surface area contributed by atoms with Gasteiger partial charge in [-0.15, -0.1) is 0 Å². The maximum atomic E-state index is 11.6. The third-order valence-electron chi connectivity index (χ3n) is 1.97. The van der Waals surface area contributed by atoms with Crippen LogP contribution in [0.2, 0.25) is 0 Å². The van der Waals surface area contributed by atoms with Crippen molar-refractivity contribution < 1.29 is 9.53 Å². The topological polar surface area (TPSA) is 64.7 Å². The first-order valence-electron chi connectivity index (χ1n) is 4.92. The number of esters is 1. The summed E-state index contributed by atoms with van der Waals surface area (Å²) in [5.41, 5.74) is 7.81. The number of hydrogen-bond donors (Lipinski definition) is 1. The van der Waals surface area contributed by atoms with E-state index in [1.807, 2.05) is 13.0 Å². The number of amidine groups is 1. The van der Waals surface area contributed by atoms with Crippen LogP contribution in [-0.4, -0.2) is 18.4 Å². The molecule has 82 valence electrons. The molecule has 4 nitrogen and oxygen atoms in total. The van der Waals surface area contributed by atoms with E-state index in [0.717, 1.165) is 5.57 Å². The molecule has 4 heteroatoms. The Morgan fingerprint density at radius 2 is 2.33 bits per heavy atom. The number of ether oxygens (including phenoxy) is 1. The number of allylic oxidation sites excluding steroid dienone is 2. The van der Waals surface area contributed by atoms with Crippen molar-refractivity contribution in [1.82, 2.24) is 0 Å². The Morgan fingerprint density at radius 1 is 1.67 bits per heavy atom. The molecule has 1 rings (SSSR count). The van der Waals surface area contributed by atoms with Gasteiger partial charge in [0.15, 0.2) is 0 Å². The third kappa shape index (κ3) is 2.94. The van der Waals surface area contributed by atoms with E-state index in [1.54, 1.807) is 13.8 Å². The second kappa shape index (κ2) is 4.77. The number of carbonyl (C=O) groups excluding carboxylic acids is 1. The number of rotatable bonds is 3. The molecule has 0 saturated heterocycles. The molecule has 0 saturated carbocycles. The van der Waals surface area contributed by atoms with Gasteiger partial charge in [-0.3, -0.25) is 0 Å². The minimum atomic E-state index is -0.300. The summed E-state index contributed by atoms with van der Waals surface area (Å²) in [4.78, 5) is 15.7. The molecule has 2 N–H and O–H groups in total. The summed E-state index contributed by atoms with van der Waals surface area (Å²) in [7, 11) is 0. The molecule has 1 aliphatic rings. The molecule has 0 aliphatic heterocycles. The molecular weight excluding hydrogens is 192 g/mol. The second-order valence-corrected chi connectivity index (χ2v) is 3.50. The van der Waals surface area contributed by atoms with Gasteiger partial charge in [-0.2, -0.15) is 0 Å². The summed E-state index contributed by atoms with van der Waals surface area (Å²) in [6, 6.07) is 0. The highest BCUT2D eigenvalue weighted by Gasteiger charge is 2.20. The number of carbonyl (C=O) groups is 1. The predicted octanol–water partition coefficient (Wildman–Crippen LogP) is 1.53. The van der Waals surface area contributed by atoms with E-state index in [9.17, 15) is 4.79 Å². The Labute approximate surface area is 89.5 Å². The van der Waals surface area contributed by atoms with Gasteiger partial charge in [0.2, 0.25) is 0 Å². The van der Waals surface area contributed by atoms with Crippen LogP contribution in [0.15, 0.2) is 27.9 Å². The first-order chi connectivity index (χ1) is 7.04. The van der Waals surface area contributed by atoms with Gasteiger partial charge >= 0.3 is 5.97 Å². The zero-order chi connectivity index (χ0) is 11.4. The minimum Gasteiger partial charge on any atom is -0.463 e. The van der Waals surface area contributed by atoms with E-state index >= 15 is 0 Å². The van der Waals surface area contributed by atoms with Gasteiger partial charge in [-0.25, -0.2) is 9.79 Å². The molecule has 0 heterocycles. The fraction of sp³-hybridized carbons (Fsp3) is 0.455. The SMILES string of the molecule is CCOC(=O)C1=C(N=C(C)N)C=C(C)C1. The molecule has 0 fully saturated rings. The summed E-state index contributed by atoms with van der Waals surface area (Å²) in [6.07, 6.45) is 2.47. The van der Waals surface area contributed by atoms with Crippen LogP contribution in [-0.2, 0) is 9.53 Å².